The average molecular weight is 290 g/mol. The first-order chi connectivity index (χ1) is 9.56. The standard InChI is InChI=1S/C14H14N2O3S/c1-10-2-4-12(16(18)19)8-13(10)15-14(17)5-3-11-6-7-20-9-11/h2,4,6-9H,3,5H2,1H3,(H,15,17). The Morgan fingerprint density at radius 3 is 2.85 bits per heavy atom. The summed E-state index contributed by atoms with van der Waals surface area (Å²) < 4.78 is 0. The van der Waals surface area contributed by atoms with Crippen LogP contribution in [0, 0.1) is 17.0 Å². The van der Waals surface area contributed by atoms with Crippen molar-refractivity contribution < 1.29 is 9.72 Å². The van der Waals surface area contributed by atoms with Gasteiger partial charge in [0, 0.05) is 18.6 Å². The van der Waals surface area contributed by atoms with Gasteiger partial charge in [-0.25, -0.2) is 0 Å². The maximum Gasteiger partial charge on any atom is 0.271 e. The number of rotatable bonds is 5. The van der Waals surface area contributed by atoms with Crippen LogP contribution in [0.1, 0.15) is 17.5 Å². The maximum absolute atomic E-state index is 11.9. The van der Waals surface area contributed by atoms with Gasteiger partial charge in [0.25, 0.3) is 5.69 Å². The topological polar surface area (TPSA) is 72.2 Å². The minimum Gasteiger partial charge on any atom is -0.326 e. The first-order valence-electron chi connectivity index (χ1n) is 6.12. The SMILES string of the molecule is Cc1ccc([N+](=O)[O-])cc1NC(=O)CCc1ccsc1. The van der Waals surface area contributed by atoms with E-state index in [0.717, 1.165) is 11.1 Å². The van der Waals surface area contributed by atoms with Gasteiger partial charge < -0.3 is 5.32 Å². The number of hydrogen-bond acceptors (Lipinski definition) is 4. The van der Waals surface area contributed by atoms with E-state index in [0.29, 0.717) is 18.5 Å². The number of thiophene rings is 1. The third-order valence-electron chi connectivity index (χ3n) is 2.93. The van der Waals surface area contributed by atoms with Gasteiger partial charge in [0.05, 0.1) is 10.6 Å². The van der Waals surface area contributed by atoms with Gasteiger partial charge in [-0.2, -0.15) is 11.3 Å². The van der Waals surface area contributed by atoms with Gasteiger partial charge in [-0.1, -0.05) is 6.07 Å². The lowest BCUT2D eigenvalue weighted by Crippen LogP contribution is -2.13. The highest BCUT2D eigenvalue weighted by atomic mass is 32.1. The van der Waals surface area contributed by atoms with Gasteiger partial charge in [-0.15, -0.1) is 0 Å². The lowest BCUT2D eigenvalue weighted by atomic mass is 10.1. The molecule has 0 aliphatic heterocycles. The zero-order chi connectivity index (χ0) is 14.5. The molecule has 5 nitrogen and oxygen atoms in total. The molecule has 0 saturated heterocycles. The highest BCUT2D eigenvalue weighted by Crippen LogP contribution is 2.22. The van der Waals surface area contributed by atoms with Crippen LogP contribution in [0.5, 0.6) is 0 Å². The second-order valence-electron chi connectivity index (χ2n) is 4.44. The minimum atomic E-state index is -0.472. The molecule has 1 aromatic heterocycles. The zero-order valence-corrected chi connectivity index (χ0v) is 11.8. The van der Waals surface area contributed by atoms with Crippen molar-refractivity contribution in [2.45, 2.75) is 19.8 Å². The van der Waals surface area contributed by atoms with Crippen molar-refractivity contribution in [3.8, 4) is 0 Å². The van der Waals surface area contributed by atoms with Gasteiger partial charge in [-0.3, -0.25) is 14.9 Å². The molecule has 0 atom stereocenters. The van der Waals surface area contributed by atoms with E-state index in [1.807, 2.05) is 16.8 Å². The van der Waals surface area contributed by atoms with E-state index in [9.17, 15) is 14.9 Å². The van der Waals surface area contributed by atoms with E-state index in [2.05, 4.69) is 5.32 Å². The molecule has 0 unspecified atom stereocenters. The summed E-state index contributed by atoms with van der Waals surface area (Å²) in [5, 5.41) is 17.4. The summed E-state index contributed by atoms with van der Waals surface area (Å²) in [6, 6.07) is 6.43. The fraction of sp³-hybridized carbons (Fsp3) is 0.214. The third kappa shape index (κ3) is 3.64. The molecule has 2 aromatic rings. The molecule has 0 aliphatic rings. The maximum atomic E-state index is 11.9. The Morgan fingerprint density at radius 1 is 1.40 bits per heavy atom. The first-order valence-corrected chi connectivity index (χ1v) is 7.06. The van der Waals surface area contributed by atoms with Crippen molar-refractivity contribution in [3.63, 3.8) is 0 Å². The fourth-order valence-electron chi connectivity index (χ4n) is 1.76. The van der Waals surface area contributed by atoms with Gasteiger partial charge in [-0.05, 0) is 41.3 Å². The van der Waals surface area contributed by atoms with Crippen molar-refractivity contribution in [2.24, 2.45) is 0 Å². The molecule has 1 amide bonds. The molecule has 104 valence electrons. The Labute approximate surface area is 120 Å². The van der Waals surface area contributed by atoms with E-state index >= 15 is 0 Å². The van der Waals surface area contributed by atoms with Crippen LogP contribution in [0.15, 0.2) is 35.0 Å². The molecule has 0 radical (unpaired) electrons. The molecule has 1 aromatic carbocycles. The molecular weight excluding hydrogens is 276 g/mol. The number of non-ortho nitro benzene ring substituents is 1. The van der Waals surface area contributed by atoms with Crippen LogP contribution in [0.3, 0.4) is 0 Å². The summed E-state index contributed by atoms with van der Waals surface area (Å²) in [5.41, 5.74) is 2.40. The summed E-state index contributed by atoms with van der Waals surface area (Å²) in [4.78, 5) is 22.1. The molecule has 0 spiro atoms. The summed E-state index contributed by atoms with van der Waals surface area (Å²) in [6.45, 7) is 1.80. The number of anilines is 1. The van der Waals surface area contributed by atoms with Crippen molar-refractivity contribution >= 4 is 28.6 Å². The number of hydrogen-bond donors (Lipinski definition) is 1. The van der Waals surface area contributed by atoms with E-state index in [1.165, 1.54) is 12.1 Å². The molecule has 1 N–H and O–H groups in total. The number of nitrogens with one attached hydrogen (secondary N) is 1. The minimum absolute atomic E-state index is 0.0243. The molecule has 1 heterocycles. The van der Waals surface area contributed by atoms with Crippen LogP contribution in [0.25, 0.3) is 0 Å². The second-order valence-corrected chi connectivity index (χ2v) is 5.22. The largest absolute Gasteiger partial charge is 0.326 e. The first kappa shape index (κ1) is 14.2. The van der Waals surface area contributed by atoms with Crippen molar-refractivity contribution in [2.75, 3.05) is 5.32 Å². The number of amides is 1. The fourth-order valence-corrected chi connectivity index (χ4v) is 2.47. The quantitative estimate of drug-likeness (QED) is 0.676. The molecule has 0 aliphatic carbocycles. The Hall–Kier alpha value is -2.21. The van der Waals surface area contributed by atoms with Crippen LogP contribution in [0.4, 0.5) is 11.4 Å². The zero-order valence-electron chi connectivity index (χ0n) is 11.0. The van der Waals surface area contributed by atoms with Crippen LogP contribution >= 0.6 is 11.3 Å². The Kier molecular flexibility index (Phi) is 4.47. The van der Waals surface area contributed by atoms with Gasteiger partial charge in [0.15, 0.2) is 0 Å². The summed E-state index contributed by atoms with van der Waals surface area (Å²) in [5.74, 6) is -0.139. The predicted molar refractivity (Wildman–Crippen MR) is 79.1 cm³/mol. The number of benzene rings is 1. The molecule has 6 heteroatoms. The van der Waals surface area contributed by atoms with Crippen LogP contribution in [0.2, 0.25) is 0 Å². The number of nitro groups is 1. The highest BCUT2D eigenvalue weighted by molar-refractivity contribution is 7.07. The Bertz CT molecular complexity index is 623. The molecule has 0 fully saturated rings. The predicted octanol–water partition coefficient (Wildman–Crippen LogP) is 3.54. The van der Waals surface area contributed by atoms with Crippen LogP contribution in [-0.4, -0.2) is 10.8 Å². The number of carbonyl (C=O) groups excluding carboxylic acids is 1. The molecule has 20 heavy (non-hydrogen) atoms. The smallest absolute Gasteiger partial charge is 0.271 e. The monoisotopic (exact) mass is 290 g/mol. The highest BCUT2D eigenvalue weighted by Gasteiger charge is 2.11. The van der Waals surface area contributed by atoms with E-state index in [-0.39, 0.29) is 11.6 Å². The number of nitro benzene ring substituents is 1. The lowest BCUT2D eigenvalue weighted by molar-refractivity contribution is -0.384. The van der Waals surface area contributed by atoms with Crippen LogP contribution < -0.4 is 5.32 Å². The molecule has 0 saturated carbocycles. The average Bonchev–Trinajstić information content (AvgIpc) is 2.92. The third-order valence-corrected chi connectivity index (χ3v) is 3.66. The van der Waals surface area contributed by atoms with E-state index < -0.39 is 4.92 Å². The van der Waals surface area contributed by atoms with Crippen molar-refractivity contribution in [3.05, 3.63) is 56.3 Å². The normalized spacial score (nSPS) is 10.2. The van der Waals surface area contributed by atoms with E-state index in [4.69, 9.17) is 0 Å². The van der Waals surface area contributed by atoms with Gasteiger partial charge in [0.2, 0.25) is 5.91 Å². The Balaban J connectivity index is 2.00. The summed E-state index contributed by atoms with van der Waals surface area (Å²) in [7, 11) is 0. The summed E-state index contributed by atoms with van der Waals surface area (Å²) in [6.07, 6.45) is 1.03. The van der Waals surface area contributed by atoms with Crippen molar-refractivity contribution in [1.82, 2.24) is 0 Å². The summed E-state index contributed by atoms with van der Waals surface area (Å²) >= 11 is 1.60. The molecule has 2 rings (SSSR count). The molecular formula is C14H14N2O3S. The number of nitrogens with zero attached hydrogens (tertiary/aromatic N) is 1. The second kappa shape index (κ2) is 6.29. The van der Waals surface area contributed by atoms with E-state index in [1.54, 1.807) is 24.3 Å². The number of aryl methyl sites for hydroxylation is 2. The molecule has 0 bridgehead atoms. The van der Waals surface area contributed by atoms with Gasteiger partial charge >= 0.3 is 0 Å². The van der Waals surface area contributed by atoms with Gasteiger partial charge in [0.1, 0.15) is 0 Å². The Morgan fingerprint density at radius 2 is 2.20 bits per heavy atom. The number of carbonyl (C=O) groups is 1. The lowest BCUT2D eigenvalue weighted by Gasteiger charge is -2.07. The van der Waals surface area contributed by atoms with Crippen LogP contribution in [-0.2, 0) is 11.2 Å². The van der Waals surface area contributed by atoms with Crippen molar-refractivity contribution in [1.29, 1.82) is 0 Å².